The van der Waals surface area contributed by atoms with Crippen molar-refractivity contribution in [2.45, 2.75) is 14.7 Å². The first-order chi connectivity index (χ1) is 7.85. The molecule has 0 spiro atoms. The summed E-state index contributed by atoms with van der Waals surface area (Å²) >= 11 is 0. The van der Waals surface area contributed by atoms with Gasteiger partial charge in [0.2, 0.25) is 0 Å². The van der Waals surface area contributed by atoms with Gasteiger partial charge in [-0.2, -0.15) is 0 Å². The molecule has 0 bridgehead atoms. The van der Waals surface area contributed by atoms with Crippen molar-refractivity contribution in [2.75, 3.05) is 0 Å². The Balaban J connectivity index is -0.00000108. The van der Waals surface area contributed by atoms with E-state index in [0.29, 0.717) is 18.2 Å². The van der Waals surface area contributed by atoms with Gasteiger partial charge in [0.05, 0.1) is 14.7 Å². The number of hydrogen-bond donors (Lipinski definition) is 0. The predicted molar refractivity (Wildman–Crippen MR) is 50.3 cm³/mol. The molecule has 1 aromatic carbocycles. The van der Waals surface area contributed by atoms with E-state index in [9.17, 15) is 38.9 Å². The molecule has 0 N–H and O–H groups in total. The fraction of sp³-hybridized carbons (Fsp3) is 0. The van der Waals surface area contributed by atoms with E-state index in [-0.39, 0.29) is 56.6 Å². The van der Waals surface area contributed by atoms with Gasteiger partial charge >= 0.3 is 56.6 Å². The summed E-state index contributed by atoms with van der Waals surface area (Å²) in [5.74, 6) is 0. The molecule has 0 heterocycles. The topological polar surface area (TPSA) is 172 Å². The standard InChI is InChI=1S/C6H6O9S3.3Li/c7-16(8,9)4-2-1-3-5(17(10,11)12)6(4)18(13,14)15;;;/h1-3H,(H,7,8,9)(H,10,11,12)(H,13,14,15);;;/q;3*+1/p-3. The Morgan fingerprint density at radius 2 is 0.905 bits per heavy atom. The van der Waals surface area contributed by atoms with Crippen LogP contribution in [0.25, 0.3) is 0 Å². The van der Waals surface area contributed by atoms with Gasteiger partial charge in [0.15, 0.2) is 0 Å². The largest absolute Gasteiger partial charge is 1.00 e. The molecule has 21 heavy (non-hydrogen) atoms. The molecule has 1 aromatic rings. The van der Waals surface area contributed by atoms with Crippen LogP contribution in [-0.2, 0) is 30.4 Å². The van der Waals surface area contributed by atoms with E-state index >= 15 is 0 Å². The maximum atomic E-state index is 10.8. The predicted octanol–water partition coefficient (Wildman–Crippen LogP) is -10.6. The minimum atomic E-state index is -5.64. The summed E-state index contributed by atoms with van der Waals surface area (Å²) in [6.07, 6.45) is 0. The zero-order valence-electron chi connectivity index (χ0n) is 11.1. The summed E-state index contributed by atoms with van der Waals surface area (Å²) in [5, 5.41) is 0. The fourth-order valence-corrected chi connectivity index (χ4v) is 4.22. The molecule has 0 aliphatic rings. The summed E-state index contributed by atoms with van der Waals surface area (Å²) in [7, 11) is -16.5. The maximum absolute atomic E-state index is 10.8. The van der Waals surface area contributed by atoms with Gasteiger partial charge in [-0.15, -0.1) is 0 Å². The average molecular weight is 336 g/mol. The summed E-state index contributed by atoms with van der Waals surface area (Å²) in [6.45, 7) is 0. The van der Waals surface area contributed by atoms with Crippen molar-refractivity contribution in [1.29, 1.82) is 0 Å². The summed E-state index contributed by atoms with van der Waals surface area (Å²) in [6, 6.07) is 1.49. The normalized spacial score (nSPS) is 11.6. The number of benzene rings is 1. The van der Waals surface area contributed by atoms with Gasteiger partial charge in [-0.3, -0.25) is 0 Å². The SMILES string of the molecule is O=S(=O)([O-])c1cccc(S(=O)(=O)[O-])c1S(=O)(=O)[O-].[Li+].[Li+].[Li+]. The second kappa shape index (κ2) is 8.55. The first-order valence-electron chi connectivity index (χ1n) is 3.86. The van der Waals surface area contributed by atoms with Crippen molar-refractivity contribution in [3.05, 3.63) is 18.2 Å². The molecule has 0 aliphatic carbocycles. The van der Waals surface area contributed by atoms with Crippen molar-refractivity contribution >= 4 is 30.4 Å². The van der Waals surface area contributed by atoms with Crippen LogP contribution < -0.4 is 56.6 Å². The van der Waals surface area contributed by atoms with Gasteiger partial charge in [0.25, 0.3) is 0 Å². The molecule has 0 radical (unpaired) electrons. The maximum Gasteiger partial charge on any atom is 1.00 e. The third-order valence-corrected chi connectivity index (χ3v) is 4.69. The minimum Gasteiger partial charge on any atom is -0.744 e. The summed E-state index contributed by atoms with van der Waals surface area (Å²) in [5.41, 5.74) is 0. The van der Waals surface area contributed by atoms with Crippen molar-refractivity contribution in [2.24, 2.45) is 0 Å². The first-order valence-corrected chi connectivity index (χ1v) is 8.08. The smallest absolute Gasteiger partial charge is 0.744 e. The van der Waals surface area contributed by atoms with E-state index in [0.717, 1.165) is 0 Å². The molecule has 15 heteroatoms. The molecular weight excluding hydrogens is 333 g/mol. The van der Waals surface area contributed by atoms with Crippen molar-refractivity contribution < 1.29 is 95.5 Å². The van der Waals surface area contributed by atoms with Crippen LogP contribution in [0.2, 0.25) is 0 Å². The van der Waals surface area contributed by atoms with Gasteiger partial charge in [0, 0.05) is 0 Å². The molecule has 0 saturated heterocycles. The Kier molecular flexibility index (Phi) is 10.8. The van der Waals surface area contributed by atoms with Crippen LogP contribution in [0.4, 0.5) is 0 Å². The zero-order valence-corrected chi connectivity index (χ0v) is 13.6. The molecular formula is C6H3Li3O9S3. The quantitative estimate of drug-likeness (QED) is 0.383. The van der Waals surface area contributed by atoms with Gasteiger partial charge in [0.1, 0.15) is 30.4 Å². The third kappa shape index (κ3) is 6.80. The van der Waals surface area contributed by atoms with Crippen LogP contribution in [0.3, 0.4) is 0 Å². The number of hydrogen-bond acceptors (Lipinski definition) is 9. The molecule has 102 valence electrons. The van der Waals surface area contributed by atoms with Crippen LogP contribution in [0.5, 0.6) is 0 Å². The zero-order chi connectivity index (χ0) is 14.4. The van der Waals surface area contributed by atoms with E-state index < -0.39 is 45.0 Å². The van der Waals surface area contributed by atoms with Gasteiger partial charge in [-0.1, -0.05) is 6.07 Å². The van der Waals surface area contributed by atoms with Gasteiger partial charge in [-0.05, 0) is 12.1 Å². The molecule has 0 amide bonds. The van der Waals surface area contributed by atoms with Crippen LogP contribution in [-0.4, -0.2) is 38.9 Å². The van der Waals surface area contributed by atoms with Gasteiger partial charge in [-0.25, -0.2) is 25.3 Å². The van der Waals surface area contributed by atoms with Crippen molar-refractivity contribution in [3.63, 3.8) is 0 Å². The second-order valence-corrected chi connectivity index (χ2v) is 6.96. The van der Waals surface area contributed by atoms with Crippen LogP contribution in [0.15, 0.2) is 32.9 Å². The van der Waals surface area contributed by atoms with E-state index in [2.05, 4.69) is 0 Å². The van der Waals surface area contributed by atoms with E-state index in [1.807, 2.05) is 0 Å². The van der Waals surface area contributed by atoms with Crippen LogP contribution in [0, 0.1) is 0 Å². The Morgan fingerprint density at radius 3 is 1.10 bits per heavy atom. The molecule has 0 unspecified atom stereocenters. The monoisotopic (exact) mass is 336 g/mol. The summed E-state index contributed by atoms with van der Waals surface area (Å²) in [4.78, 5) is -5.00. The summed E-state index contributed by atoms with van der Waals surface area (Å²) < 4.78 is 96.8. The van der Waals surface area contributed by atoms with Gasteiger partial charge < -0.3 is 13.7 Å². The van der Waals surface area contributed by atoms with Crippen LogP contribution >= 0.6 is 0 Å². The fourth-order valence-electron chi connectivity index (χ4n) is 1.14. The molecule has 0 atom stereocenters. The second-order valence-electron chi connectivity index (χ2n) is 2.95. The Hall–Kier alpha value is 0.742. The van der Waals surface area contributed by atoms with Crippen molar-refractivity contribution in [3.8, 4) is 0 Å². The number of rotatable bonds is 3. The molecule has 1 rings (SSSR count). The average Bonchev–Trinajstić information content (AvgIpc) is 2.12. The molecule has 0 saturated carbocycles. The molecule has 0 aromatic heterocycles. The Bertz CT molecular complexity index is 747. The molecule has 0 fully saturated rings. The Morgan fingerprint density at radius 1 is 0.619 bits per heavy atom. The minimum absolute atomic E-state index is 0. The van der Waals surface area contributed by atoms with E-state index in [1.54, 1.807) is 0 Å². The van der Waals surface area contributed by atoms with E-state index in [1.165, 1.54) is 0 Å². The van der Waals surface area contributed by atoms with Crippen molar-refractivity contribution in [1.82, 2.24) is 0 Å². The third-order valence-electron chi connectivity index (χ3n) is 1.73. The Labute approximate surface area is 157 Å². The first kappa shape index (κ1) is 26.6. The molecule has 0 aliphatic heterocycles. The van der Waals surface area contributed by atoms with E-state index in [4.69, 9.17) is 0 Å². The van der Waals surface area contributed by atoms with Crippen LogP contribution in [0.1, 0.15) is 0 Å². The molecule has 9 nitrogen and oxygen atoms in total.